The molecule has 0 bridgehead atoms. The summed E-state index contributed by atoms with van der Waals surface area (Å²) in [6, 6.07) is 5.18. The molecule has 0 aliphatic rings. The third kappa shape index (κ3) is 6.77. The molecule has 1 aromatic rings. The van der Waals surface area contributed by atoms with Crippen LogP contribution in [0, 0.1) is 5.21 Å². The van der Waals surface area contributed by atoms with Crippen molar-refractivity contribution in [3.63, 3.8) is 0 Å². The van der Waals surface area contributed by atoms with Crippen molar-refractivity contribution in [2.24, 2.45) is 0 Å². The number of alkyl halides is 3. The van der Waals surface area contributed by atoms with E-state index < -0.39 is 9.76 Å². The quantitative estimate of drug-likeness (QED) is 0.438. The van der Waals surface area contributed by atoms with E-state index in [4.69, 9.17) is 39.9 Å². The van der Waals surface area contributed by atoms with Gasteiger partial charge in [0.1, 0.15) is 0 Å². The lowest BCUT2D eigenvalue weighted by Gasteiger charge is -1.99. The highest BCUT2D eigenvalue weighted by Crippen LogP contribution is 2.25. The molecule has 0 aliphatic carbocycles. The van der Waals surface area contributed by atoms with E-state index in [0.29, 0.717) is 0 Å². The molecule has 0 saturated carbocycles. The molecule has 0 radical (unpaired) electrons. The Bertz CT molecular complexity index is 286. The Morgan fingerprint density at radius 3 is 1.71 bits per heavy atom. The molecule has 1 N–H and O–H groups in total. The van der Waals surface area contributed by atoms with Crippen LogP contribution in [0.1, 0.15) is 0 Å². The lowest BCUT2D eigenvalue weighted by molar-refractivity contribution is -0.605. The molecule has 78 valence electrons. The van der Waals surface area contributed by atoms with E-state index in [0.717, 1.165) is 4.73 Å². The minimum Gasteiger partial charge on any atom is -0.619 e. The highest BCUT2D eigenvalue weighted by atomic mass is 35.6. The van der Waals surface area contributed by atoms with E-state index in [1.54, 1.807) is 18.2 Å². The second-order valence-corrected chi connectivity index (χ2v) is 4.32. The molecule has 1 rings (SSSR count). The molecule has 0 atom stereocenters. The van der Waals surface area contributed by atoms with Gasteiger partial charge in [-0.1, -0.05) is 40.9 Å². The van der Waals surface area contributed by atoms with Crippen LogP contribution in [0.3, 0.4) is 0 Å². The first kappa shape index (κ1) is 13.3. The summed E-state index contributed by atoms with van der Waals surface area (Å²) in [7, 11) is 0. The number of halogens is 3. The predicted molar refractivity (Wildman–Crippen MR) is 53.3 cm³/mol. The van der Waals surface area contributed by atoms with Crippen molar-refractivity contribution >= 4 is 40.8 Å². The highest BCUT2D eigenvalue weighted by molar-refractivity contribution is 6.75. The average molecular weight is 258 g/mol. The summed E-state index contributed by atoms with van der Waals surface area (Å²) in [5, 5.41) is 18.0. The predicted octanol–water partition coefficient (Wildman–Crippen LogP) is 1.76. The molecule has 1 aromatic heterocycles. The summed E-state index contributed by atoms with van der Waals surface area (Å²) in [4.78, 5) is 9.62. The molecule has 0 saturated heterocycles. The van der Waals surface area contributed by atoms with Gasteiger partial charge in [-0.2, -0.15) is 4.73 Å². The second kappa shape index (κ2) is 5.90. The van der Waals surface area contributed by atoms with Gasteiger partial charge in [0.25, 0.3) is 3.79 Å². The van der Waals surface area contributed by atoms with Gasteiger partial charge in [-0.3, -0.25) is 0 Å². The molecule has 14 heavy (non-hydrogen) atoms. The summed E-state index contributed by atoms with van der Waals surface area (Å²) >= 11 is 14.4. The lowest BCUT2D eigenvalue weighted by atomic mass is 10.5. The molecule has 0 fully saturated rings. The molecule has 0 unspecified atom stereocenters. The van der Waals surface area contributed by atoms with E-state index in [1.807, 2.05) is 0 Å². The number of carboxylic acid groups (broad SMARTS) is 1. The fourth-order valence-electron chi connectivity index (χ4n) is 0.383. The fourth-order valence-corrected chi connectivity index (χ4v) is 0.383. The summed E-state index contributed by atoms with van der Waals surface area (Å²) in [5.74, 6) is -1.46. The lowest BCUT2D eigenvalue weighted by Crippen LogP contribution is -2.22. The van der Waals surface area contributed by atoms with Gasteiger partial charge in [-0.15, -0.1) is 0 Å². The monoisotopic (exact) mass is 257 g/mol. The molecule has 0 aromatic carbocycles. The van der Waals surface area contributed by atoms with Gasteiger partial charge in [0.05, 0.1) is 0 Å². The van der Waals surface area contributed by atoms with Gasteiger partial charge in [0.2, 0.25) is 0 Å². The molecule has 4 nitrogen and oxygen atoms in total. The normalized spacial score (nSPS) is 9.93. The number of nitrogens with zero attached hydrogens (tertiary/aromatic N) is 1. The Hall–Kier alpha value is -0.710. The number of pyridine rings is 1. The number of aromatic nitrogens is 1. The van der Waals surface area contributed by atoms with Crippen molar-refractivity contribution < 1.29 is 14.6 Å². The number of carboxylic acids is 1. The van der Waals surface area contributed by atoms with Crippen LogP contribution in [-0.2, 0) is 4.79 Å². The second-order valence-electron chi connectivity index (χ2n) is 2.04. The van der Waals surface area contributed by atoms with Crippen molar-refractivity contribution in [1.29, 1.82) is 0 Å². The van der Waals surface area contributed by atoms with Gasteiger partial charge < -0.3 is 10.3 Å². The third-order valence-electron chi connectivity index (χ3n) is 0.931. The van der Waals surface area contributed by atoms with Crippen molar-refractivity contribution in [2.75, 3.05) is 0 Å². The zero-order chi connectivity index (χ0) is 11.2. The number of carbonyl (C=O) groups is 1. The first-order chi connectivity index (χ1) is 6.34. The summed E-state index contributed by atoms with van der Waals surface area (Å²) in [5.41, 5.74) is 0. The van der Waals surface area contributed by atoms with Crippen LogP contribution in [0.2, 0.25) is 0 Å². The Morgan fingerprint density at radius 1 is 1.21 bits per heavy atom. The molecule has 0 amide bonds. The zero-order valence-corrected chi connectivity index (χ0v) is 9.00. The Balaban J connectivity index is 0.000000241. The Kier molecular flexibility index (Phi) is 5.60. The van der Waals surface area contributed by atoms with Crippen molar-refractivity contribution in [3.05, 3.63) is 35.8 Å². The van der Waals surface area contributed by atoms with E-state index >= 15 is 0 Å². The van der Waals surface area contributed by atoms with Gasteiger partial charge in [-0.25, -0.2) is 4.79 Å². The first-order valence-corrected chi connectivity index (χ1v) is 4.41. The van der Waals surface area contributed by atoms with Gasteiger partial charge >= 0.3 is 5.97 Å². The van der Waals surface area contributed by atoms with Crippen LogP contribution in [0.5, 0.6) is 0 Å². The van der Waals surface area contributed by atoms with Crippen molar-refractivity contribution in [2.45, 2.75) is 3.79 Å². The SMILES string of the molecule is O=C(O)C(Cl)(Cl)Cl.[O-][n+]1ccccc1. The molecular weight excluding hydrogens is 252 g/mol. The molecule has 0 aliphatic heterocycles. The maximum atomic E-state index is 10.2. The zero-order valence-electron chi connectivity index (χ0n) is 6.73. The van der Waals surface area contributed by atoms with Gasteiger partial charge in [0.15, 0.2) is 12.4 Å². The third-order valence-corrected chi connectivity index (χ3v) is 1.42. The van der Waals surface area contributed by atoms with Crippen molar-refractivity contribution in [3.8, 4) is 0 Å². The van der Waals surface area contributed by atoms with E-state index in [-0.39, 0.29) is 0 Å². The standard InChI is InChI=1S/C5H5NO.C2HCl3O2/c7-6-4-2-1-3-5-6;3-2(4,5)1(6)7/h1-5H;(H,6,7). The van der Waals surface area contributed by atoms with Crippen LogP contribution in [0.15, 0.2) is 30.6 Å². The number of hydrogen-bond acceptors (Lipinski definition) is 2. The van der Waals surface area contributed by atoms with E-state index in [1.165, 1.54) is 12.4 Å². The average Bonchev–Trinajstić information content (AvgIpc) is 2.04. The summed E-state index contributed by atoms with van der Waals surface area (Å²) in [6.45, 7) is 0. The van der Waals surface area contributed by atoms with Crippen molar-refractivity contribution in [1.82, 2.24) is 0 Å². The topological polar surface area (TPSA) is 64.2 Å². The van der Waals surface area contributed by atoms with E-state index in [9.17, 15) is 10.0 Å². The van der Waals surface area contributed by atoms with Crippen LogP contribution >= 0.6 is 34.8 Å². The highest BCUT2D eigenvalue weighted by Gasteiger charge is 2.29. The number of aliphatic carboxylic acids is 1. The first-order valence-electron chi connectivity index (χ1n) is 3.28. The van der Waals surface area contributed by atoms with Crippen LogP contribution in [0.25, 0.3) is 0 Å². The number of rotatable bonds is 0. The Morgan fingerprint density at radius 2 is 1.57 bits per heavy atom. The minimum atomic E-state index is -2.17. The smallest absolute Gasteiger partial charge is 0.356 e. The van der Waals surface area contributed by atoms with Gasteiger partial charge in [-0.05, 0) is 0 Å². The molecule has 7 heteroatoms. The Labute approximate surface area is 95.2 Å². The fraction of sp³-hybridized carbons (Fsp3) is 0.143. The molecular formula is C7H6Cl3NO3. The summed E-state index contributed by atoms with van der Waals surface area (Å²) < 4.78 is -1.42. The van der Waals surface area contributed by atoms with E-state index in [2.05, 4.69) is 0 Å². The maximum Gasteiger partial charge on any atom is 0.356 e. The maximum absolute atomic E-state index is 10.2. The largest absolute Gasteiger partial charge is 0.619 e. The van der Waals surface area contributed by atoms with Crippen LogP contribution in [-0.4, -0.2) is 14.9 Å². The number of hydrogen-bond donors (Lipinski definition) is 1. The minimum absolute atomic E-state index is 0.750. The summed E-state index contributed by atoms with van der Waals surface area (Å²) in [6.07, 6.45) is 2.89. The molecule has 1 heterocycles. The molecule has 0 spiro atoms. The van der Waals surface area contributed by atoms with Gasteiger partial charge in [0, 0.05) is 12.1 Å². The van der Waals surface area contributed by atoms with Crippen LogP contribution in [0.4, 0.5) is 0 Å². The van der Waals surface area contributed by atoms with Crippen LogP contribution < -0.4 is 4.73 Å².